The van der Waals surface area contributed by atoms with Crippen molar-refractivity contribution in [3.05, 3.63) is 47.5 Å². The number of hydrogen-bond acceptors (Lipinski definition) is 4. The number of allylic oxidation sites excluding steroid dienone is 2. The molecule has 1 N–H and O–H groups in total. The number of nitrogens with zero attached hydrogens (tertiary/aromatic N) is 2. The molecule has 1 aromatic carbocycles. The highest BCUT2D eigenvalue weighted by molar-refractivity contribution is 6.07. The molecule has 31 heavy (non-hydrogen) atoms. The maximum atomic E-state index is 12.6. The first kappa shape index (κ1) is 21.8. The summed E-state index contributed by atoms with van der Waals surface area (Å²) in [4.78, 5) is 41.4. The lowest BCUT2D eigenvalue weighted by Crippen LogP contribution is -2.41. The Morgan fingerprint density at radius 2 is 1.55 bits per heavy atom. The summed E-state index contributed by atoms with van der Waals surface area (Å²) in [6.45, 7) is 7.90. The van der Waals surface area contributed by atoms with Gasteiger partial charge in [-0.2, -0.15) is 0 Å². The van der Waals surface area contributed by atoms with Gasteiger partial charge in [0, 0.05) is 26.2 Å². The van der Waals surface area contributed by atoms with Crippen LogP contribution in [0.25, 0.3) is 0 Å². The zero-order valence-corrected chi connectivity index (χ0v) is 18.5. The van der Waals surface area contributed by atoms with E-state index < -0.39 is 0 Å². The number of hydrogen-bond donors (Lipinski definition) is 1. The summed E-state index contributed by atoms with van der Waals surface area (Å²) in [7, 11) is 0. The topological polar surface area (TPSA) is 69.7 Å². The highest BCUT2D eigenvalue weighted by Crippen LogP contribution is 2.34. The zero-order chi connectivity index (χ0) is 22.0. The second kappa shape index (κ2) is 9.35. The van der Waals surface area contributed by atoms with E-state index in [1.54, 1.807) is 0 Å². The summed E-state index contributed by atoms with van der Waals surface area (Å²) in [6, 6.07) is 8.18. The van der Waals surface area contributed by atoms with Gasteiger partial charge < -0.3 is 5.32 Å². The van der Waals surface area contributed by atoms with Crippen molar-refractivity contribution >= 4 is 17.7 Å². The molecule has 6 nitrogen and oxygen atoms in total. The van der Waals surface area contributed by atoms with Crippen LogP contribution in [0, 0.1) is 23.7 Å². The molecule has 0 radical (unpaired) electrons. The molecule has 2 fully saturated rings. The molecular formula is C25H33N3O3. The van der Waals surface area contributed by atoms with E-state index >= 15 is 0 Å². The molecule has 6 heteroatoms. The Balaban J connectivity index is 1.34. The average Bonchev–Trinajstić information content (AvgIpc) is 2.97. The molecule has 0 saturated carbocycles. The third kappa shape index (κ3) is 4.90. The van der Waals surface area contributed by atoms with Crippen LogP contribution < -0.4 is 5.32 Å². The van der Waals surface area contributed by atoms with Crippen molar-refractivity contribution in [1.29, 1.82) is 0 Å². The maximum absolute atomic E-state index is 12.6. The minimum Gasteiger partial charge on any atom is -0.350 e. The number of rotatable bonds is 6. The fraction of sp³-hybridized carbons (Fsp3) is 0.560. The van der Waals surface area contributed by atoms with Crippen LogP contribution in [-0.2, 0) is 27.5 Å². The highest BCUT2D eigenvalue weighted by Gasteiger charge is 2.47. The van der Waals surface area contributed by atoms with Gasteiger partial charge in [-0.05, 0) is 42.2 Å². The molecule has 0 aromatic heterocycles. The second-order valence-electron chi connectivity index (χ2n) is 9.60. The van der Waals surface area contributed by atoms with E-state index in [0.717, 1.165) is 30.1 Å². The van der Waals surface area contributed by atoms with Crippen LogP contribution in [-0.4, -0.2) is 47.2 Å². The summed E-state index contributed by atoms with van der Waals surface area (Å²) >= 11 is 0. The van der Waals surface area contributed by atoms with Gasteiger partial charge >= 0.3 is 0 Å². The van der Waals surface area contributed by atoms with E-state index in [9.17, 15) is 14.4 Å². The summed E-state index contributed by atoms with van der Waals surface area (Å²) in [5, 5.41) is 2.92. The lowest BCUT2D eigenvalue weighted by molar-refractivity contribution is -0.143. The lowest BCUT2D eigenvalue weighted by atomic mass is 9.85. The normalized spacial score (nSPS) is 28.6. The van der Waals surface area contributed by atoms with Gasteiger partial charge in [0.2, 0.25) is 17.7 Å². The number of piperidine rings is 1. The van der Waals surface area contributed by atoms with Crippen molar-refractivity contribution in [3.63, 3.8) is 0 Å². The standard InChI is InChI=1S/C25H33N3O3/c1-17-11-18(2)14-27(13-17)15-20-8-4-3-7-19(20)12-26-23(29)16-28-24(30)21-9-5-6-10-22(21)25(28)31/h3-8,17-18,21-22H,9-16H2,1-2H3,(H,26,29)/t17-,18+,21-,22-/m0/s1. The van der Waals surface area contributed by atoms with Crippen LogP contribution in [0.1, 0.15) is 44.2 Å². The molecule has 0 spiro atoms. The van der Waals surface area contributed by atoms with Gasteiger partial charge in [-0.15, -0.1) is 0 Å². The third-order valence-electron chi connectivity index (χ3n) is 6.83. The van der Waals surface area contributed by atoms with Crippen molar-refractivity contribution in [2.75, 3.05) is 19.6 Å². The molecule has 0 unspecified atom stereocenters. The molecule has 1 aliphatic carbocycles. The van der Waals surface area contributed by atoms with Gasteiger partial charge in [0.15, 0.2) is 0 Å². The summed E-state index contributed by atoms with van der Waals surface area (Å²) in [6.07, 6.45) is 6.37. The average molecular weight is 424 g/mol. The Labute approximate surface area is 184 Å². The Hall–Kier alpha value is -2.47. The minimum absolute atomic E-state index is 0.187. The first-order valence-corrected chi connectivity index (χ1v) is 11.5. The van der Waals surface area contributed by atoms with Gasteiger partial charge in [0.05, 0.1) is 11.8 Å². The number of nitrogens with one attached hydrogen (secondary N) is 1. The smallest absolute Gasteiger partial charge is 0.240 e. The van der Waals surface area contributed by atoms with Crippen molar-refractivity contribution in [1.82, 2.24) is 15.1 Å². The Morgan fingerprint density at radius 3 is 2.16 bits per heavy atom. The second-order valence-corrected chi connectivity index (χ2v) is 9.60. The van der Waals surface area contributed by atoms with Crippen molar-refractivity contribution < 1.29 is 14.4 Å². The molecule has 166 valence electrons. The van der Waals surface area contributed by atoms with Gasteiger partial charge in [-0.1, -0.05) is 50.3 Å². The van der Waals surface area contributed by atoms with Crippen molar-refractivity contribution in [2.24, 2.45) is 23.7 Å². The molecular weight excluding hydrogens is 390 g/mol. The molecule has 3 aliphatic rings. The SMILES string of the molecule is C[C@@H]1C[C@H](C)CN(Cc2ccccc2CNC(=O)CN2C(=O)[C@H]3CC=CC[C@@H]3C2=O)C1. The fourth-order valence-electron chi connectivity index (χ4n) is 5.46. The lowest BCUT2D eigenvalue weighted by Gasteiger charge is -2.35. The zero-order valence-electron chi connectivity index (χ0n) is 18.5. The monoisotopic (exact) mass is 423 g/mol. The highest BCUT2D eigenvalue weighted by atomic mass is 16.2. The minimum atomic E-state index is -0.291. The predicted molar refractivity (Wildman–Crippen MR) is 119 cm³/mol. The van der Waals surface area contributed by atoms with Gasteiger partial charge in [-0.25, -0.2) is 0 Å². The molecule has 4 rings (SSSR count). The number of carbonyl (C=O) groups excluding carboxylic acids is 3. The van der Waals surface area contributed by atoms with E-state index in [4.69, 9.17) is 0 Å². The number of carbonyl (C=O) groups is 3. The molecule has 1 aromatic rings. The van der Waals surface area contributed by atoms with E-state index in [-0.39, 0.29) is 36.1 Å². The van der Waals surface area contributed by atoms with E-state index in [0.29, 0.717) is 31.2 Å². The van der Waals surface area contributed by atoms with Crippen LogP contribution in [0.5, 0.6) is 0 Å². The molecule has 2 aliphatic heterocycles. The van der Waals surface area contributed by atoms with Crippen molar-refractivity contribution in [3.8, 4) is 0 Å². The van der Waals surface area contributed by atoms with Gasteiger partial charge in [0.25, 0.3) is 0 Å². The van der Waals surface area contributed by atoms with Crippen LogP contribution in [0.2, 0.25) is 0 Å². The molecule has 2 heterocycles. The van der Waals surface area contributed by atoms with E-state index in [1.165, 1.54) is 12.0 Å². The van der Waals surface area contributed by atoms with Crippen LogP contribution in [0.4, 0.5) is 0 Å². The number of imide groups is 1. The van der Waals surface area contributed by atoms with Crippen LogP contribution in [0.15, 0.2) is 36.4 Å². The molecule has 4 atom stereocenters. The number of benzene rings is 1. The van der Waals surface area contributed by atoms with Gasteiger partial charge in [-0.3, -0.25) is 24.2 Å². The Kier molecular flexibility index (Phi) is 6.56. The number of fused-ring (bicyclic) bond motifs is 1. The summed E-state index contributed by atoms with van der Waals surface area (Å²) in [5.74, 6) is 0.116. The fourth-order valence-corrected chi connectivity index (χ4v) is 5.46. The van der Waals surface area contributed by atoms with Crippen molar-refractivity contribution in [2.45, 2.75) is 46.2 Å². The first-order valence-electron chi connectivity index (χ1n) is 11.5. The number of amides is 3. The molecule has 2 saturated heterocycles. The summed E-state index contributed by atoms with van der Waals surface area (Å²) in [5.41, 5.74) is 2.30. The number of likely N-dealkylation sites (tertiary alicyclic amines) is 2. The summed E-state index contributed by atoms with van der Waals surface area (Å²) < 4.78 is 0. The Bertz CT molecular complexity index is 845. The van der Waals surface area contributed by atoms with E-state index in [1.807, 2.05) is 30.4 Å². The predicted octanol–water partition coefficient (Wildman–Crippen LogP) is 2.73. The van der Waals surface area contributed by atoms with Crippen LogP contribution in [0.3, 0.4) is 0 Å². The maximum Gasteiger partial charge on any atom is 0.240 e. The quantitative estimate of drug-likeness (QED) is 0.564. The van der Waals surface area contributed by atoms with E-state index in [2.05, 4.69) is 30.1 Å². The van der Waals surface area contributed by atoms with Crippen LogP contribution >= 0.6 is 0 Å². The largest absolute Gasteiger partial charge is 0.350 e. The first-order chi connectivity index (χ1) is 14.9. The Morgan fingerprint density at radius 1 is 0.968 bits per heavy atom. The molecule has 0 bridgehead atoms. The molecule has 3 amide bonds. The van der Waals surface area contributed by atoms with Gasteiger partial charge in [0.1, 0.15) is 6.54 Å². The third-order valence-corrected chi connectivity index (χ3v) is 6.83.